The summed E-state index contributed by atoms with van der Waals surface area (Å²) in [6.07, 6.45) is 0.500. The number of aryl methyl sites for hydroxylation is 6. The fourth-order valence-corrected chi connectivity index (χ4v) is 4.21. The third-order valence-corrected chi connectivity index (χ3v) is 5.63. The quantitative estimate of drug-likeness (QED) is 0.150. The zero-order valence-corrected chi connectivity index (χ0v) is 36.4. The van der Waals surface area contributed by atoms with E-state index in [2.05, 4.69) is 174 Å². The van der Waals surface area contributed by atoms with Gasteiger partial charge >= 0.3 is 22.4 Å². The summed E-state index contributed by atoms with van der Waals surface area (Å²) in [7, 11) is 0. The first kappa shape index (κ1) is 51.0. The standard InChI is InChI=1S/3C12H18N.C5H10O2.CNO.Nb/c3*1-9-6-10(2)8-11(7-9)13-12(3,4)5;1-5(2,3)4(6)7;2-1-3;/h3*6-8H,1-5H3;1-3H3,(H,6,7);;/q3*-1;;-1;+5/p-1. The maximum atomic E-state index is 9.91. The van der Waals surface area contributed by atoms with Crippen LogP contribution in [0.1, 0.15) is 116 Å². The van der Waals surface area contributed by atoms with Gasteiger partial charge in [-0.3, -0.25) is 4.79 Å². The number of carboxylic acid groups (broad SMARTS) is 1. The molecule has 0 aliphatic heterocycles. The molecule has 0 heterocycles. The second-order valence-corrected chi connectivity index (χ2v) is 16.5. The van der Waals surface area contributed by atoms with Crippen LogP contribution in [0.2, 0.25) is 0 Å². The van der Waals surface area contributed by atoms with Gasteiger partial charge in [-0.1, -0.05) is 171 Å². The number of hydrogen-bond donors (Lipinski definition) is 0. The van der Waals surface area contributed by atoms with Gasteiger partial charge < -0.3 is 31.3 Å². The van der Waals surface area contributed by atoms with Crippen LogP contribution >= 0.6 is 0 Å². The molecule has 0 atom stereocenters. The Bertz CT molecular complexity index is 1270. The van der Waals surface area contributed by atoms with Crippen LogP contribution in [0, 0.1) is 47.0 Å². The van der Waals surface area contributed by atoms with Crippen molar-refractivity contribution in [1.82, 2.24) is 0 Å². The Labute approximate surface area is 320 Å². The van der Waals surface area contributed by atoms with Crippen molar-refractivity contribution in [2.24, 2.45) is 5.41 Å². The molecule has 0 aliphatic carbocycles. The molecule has 8 heteroatoms. The van der Waals surface area contributed by atoms with Gasteiger partial charge in [0.15, 0.2) is 0 Å². The van der Waals surface area contributed by atoms with Crippen molar-refractivity contribution >= 4 is 29.1 Å². The third kappa shape index (κ3) is 29.6. The second kappa shape index (κ2) is 22.5. The van der Waals surface area contributed by atoms with Gasteiger partial charge in [0.05, 0.1) is 0 Å². The molecule has 0 spiro atoms. The van der Waals surface area contributed by atoms with E-state index in [0.29, 0.717) is 6.08 Å². The molecule has 3 aromatic carbocycles. The van der Waals surface area contributed by atoms with E-state index < -0.39 is 11.4 Å². The smallest absolute Gasteiger partial charge is 0.724 e. The first-order valence-electron chi connectivity index (χ1n) is 16.6. The molecule has 274 valence electrons. The minimum absolute atomic E-state index is 0. The molecule has 0 bridgehead atoms. The first-order chi connectivity index (χ1) is 22.0. The summed E-state index contributed by atoms with van der Waals surface area (Å²) >= 11 is 0. The van der Waals surface area contributed by atoms with E-state index in [9.17, 15) is 9.90 Å². The molecular weight excluding hydrogens is 701 g/mol. The maximum Gasteiger partial charge on any atom is 5.00 e. The van der Waals surface area contributed by atoms with Crippen LogP contribution in [0.4, 0.5) is 17.1 Å². The zero-order chi connectivity index (χ0) is 39.0. The summed E-state index contributed by atoms with van der Waals surface area (Å²) in [6.45, 7) is 36.5. The number of rotatable bonds is 3. The third-order valence-electron chi connectivity index (χ3n) is 5.63. The van der Waals surface area contributed by atoms with Gasteiger partial charge in [-0.25, -0.2) is 0 Å². The fraction of sp³-hybridized carbons (Fsp3) is 0.524. The van der Waals surface area contributed by atoms with Crippen molar-refractivity contribution in [1.29, 1.82) is 0 Å². The van der Waals surface area contributed by atoms with Gasteiger partial charge in [0, 0.05) is 11.4 Å². The van der Waals surface area contributed by atoms with E-state index in [1.165, 1.54) is 33.4 Å². The number of carbonyl (C=O) groups excluding carboxylic acids is 2. The van der Waals surface area contributed by atoms with Crippen LogP contribution in [0.3, 0.4) is 0 Å². The number of benzene rings is 3. The zero-order valence-electron chi connectivity index (χ0n) is 34.2. The first-order valence-corrected chi connectivity index (χ1v) is 16.6. The number of isocyanates is 1. The fourth-order valence-electron chi connectivity index (χ4n) is 4.21. The van der Waals surface area contributed by atoms with Crippen molar-refractivity contribution in [3.63, 3.8) is 0 Å². The summed E-state index contributed by atoms with van der Waals surface area (Å²) in [5.41, 5.74) is 10.3. The van der Waals surface area contributed by atoms with E-state index in [1.807, 2.05) is 0 Å². The van der Waals surface area contributed by atoms with Gasteiger partial charge in [0.1, 0.15) is 0 Å². The Morgan fingerprint density at radius 1 is 0.500 bits per heavy atom. The molecule has 7 nitrogen and oxygen atoms in total. The molecule has 50 heavy (non-hydrogen) atoms. The van der Waals surface area contributed by atoms with Gasteiger partial charge in [-0.15, -0.1) is 33.7 Å². The molecule has 3 rings (SSSR count). The summed E-state index contributed by atoms with van der Waals surface area (Å²) in [5, 5.41) is 30.5. The molecule has 0 amide bonds. The second-order valence-electron chi connectivity index (χ2n) is 16.5. The molecule has 0 saturated heterocycles. The van der Waals surface area contributed by atoms with Gasteiger partial charge in [0.2, 0.25) is 0 Å². The van der Waals surface area contributed by atoms with E-state index in [-0.39, 0.29) is 39.0 Å². The van der Waals surface area contributed by atoms with Gasteiger partial charge in [-0.05, 0) is 47.6 Å². The van der Waals surface area contributed by atoms with E-state index in [0.717, 1.165) is 17.1 Å². The summed E-state index contributed by atoms with van der Waals surface area (Å²) in [6, 6.07) is 19.2. The Morgan fingerprint density at radius 2 is 0.640 bits per heavy atom. The molecule has 0 fully saturated rings. The van der Waals surface area contributed by atoms with Gasteiger partial charge in [0.25, 0.3) is 0 Å². The van der Waals surface area contributed by atoms with Crippen LogP contribution in [-0.4, -0.2) is 28.7 Å². The van der Waals surface area contributed by atoms with Crippen LogP contribution in [-0.2, 0) is 32.0 Å². The van der Waals surface area contributed by atoms with E-state index >= 15 is 0 Å². The van der Waals surface area contributed by atoms with Crippen LogP contribution < -0.4 is 5.11 Å². The predicted molar refractivity (Wildman–Crippen MR) is 210 cm³/mol. The molecular formula is C42H63N4NbO3. The SMILES string of the molecule is CC(C)(C)C(=O)[O-].Cc1cc(C)cc([N-]C(C)(C)C)c1.Cc1cc(C)cc([N-]C(C)(C)C)c1.Cc1cc(C)cc([N-]C(C)(C)C)c1.[N-]=C=O.[Nb+5]. The molecule has 0 N–H and O–H groups in total. The van der Waals surface area contributed by atoms with Crippen molar-refractivity contribution in [3.8, 4) is 0 Å². The monoisotopic (exact) mass is 764 g/mol. The molecule has 0 saturated carbocycles. The Balaban J connectivity index is -0.000000581. The number of hydrogen-bond acceptors (Lipinski definition) is 3. The Hall–Kier alpha value is -3.35. The average molecular weight is 765 g/mol. The molecule has 0 unspecified atom stereocenters. The molecule has 0 radical (unpaired) electrons. The van der Waals surface area contributed by atoms with Crippen molar-refractivity contribution in [2.75, 3.05) is 0 Å². The minimum Gasteiger partial charge on any atom is -0.724 e. The average Bonchev–Trinajstić information content (AvgIpc) is 2.80. The number of carbonyl (C=O) groups is 1. The Morgan fingerprint density at radius 3 is 0.740 bits per heavy atom. The van der Waals surface area contributed by atoms with E-state index in [4.69, 9.17) is 10.2 Å². The predicted octanol–water partition coefficient (Wildman–Crippen LogP) is 12.0. The minimum atomic E-state index is -1.01. The molecule has 0 aromatic heterocycles. The molecule has 3 aromatic rings. The number of nitrogens with zero attached hydrogens (tertiary/aromatic N) is 4. The van der Waals surface area contributed by atoms with Crippen LogP contribution in [0.5, 0.6) is 0 Å². The van der Waals surface area contributed by atoms with Crippen molar-refractivity contribution in [3.05, 3.63) is 109 Å². The van der Waals surface area contributed by atoms with E-state index in [1.54, 1.807) is 20.8 Å². The van der Waals surface area contributed by atoms with Crippen molar-refractivity contribution in [2.45, 2.75) is 141 Å². The topological polar surface area (TPSA) is 122 Å². The normalized spacial score (nSPS) is 10.7. The summed E-state index contributed by atoms with van der Waals surface area (Å²) in [4.78, 5) is 18.1. The summed E-state index contributed by atoms with van der Waals surface area (Å²) < 4.78 is 0. The molecule has 0 aliphatic rings. The maximum absolute atomic E-state index is 9.91. The van der Waals surface area contributed by atoms with Gasteiger partial charge in [-0.2, -0.15) is 0 Å². The summed E-state index contributed by atoms with van der Waals surface area (Å²) in [5.74, 6) is -1.01. The largest absolute Gasteiger partial charge is 5.00 e. The number of carboxylic acids is 1. The number of aliphatic carboxylic acids is 1. The van der Waals surface area contributed by atoms with Crippen LogP contribution in [0.25, 0.3) is 21.4 Å². The Kier molecular flexibility index (Phi) is 22.9. The van der Waals surface area contributed by atoms with Crippen molar-refractivity contribution < 1.29 is 37.1 Å². The van der Waals surface area contributed by atoms with Crippen LogP contribution in [0.15, 0.2) is 54.6 Å².